The number of hydrazone groups is 1. The molecule has 22 heavy (non-hydrogen) atoms. The van der Waals surface area contributed by atoms with E-state index in [1.165, 1.54) is 12.1 Å². The highest BCUT2D eigenvalue weighted by molar-refractivity contribution is 5.99. The van der Waals surface area contributed by atoms with Crippen LogP contribution in [0.25, 0.3) is 0 Å². The summed E-state index contributed by atoms with van der Waals surface area (Å²) in [5.41, 5.74) is 4.16. The SMILES string of the molecule is C/C(=N/Nc1ccc(F)cc1F)c1ccc2c(c1)OCCO2. The zero-order valence-electron chi connectivity index (χ0n) is 11.9. The number of anilines is 1. The summed E-state index contributed by atoms with van der Waals surface area (Å²) in [6.07, 6.45) is 0. The summed E-state index contributed by atoms with van der Waals surface area (Å²) in [6.45, 7) is 2.82. The van der Waals surface area contributed by atoms with Crippen LogP contribution in [0.3, 0.4) is 0 Å². The highest BCUT2D eigenvalue weighted by atomic mass is 19.1. The Balaban J connectivity index is 1.79. The van der Waals surface area contributed by atoms with Gasteiger partial charge in [0, 0.05) is 11.6 Å². The van der Waals surface area contributed by atoms with Gasteiger partial charge in [0.25, 0.3) is 0 Å². The highest BCUT2D eigenvalue weighted by Crippen LogP contribution is 2.31. The van der Waals surface area contributed by atoms with Crippen LogP contribution in [0, 0.1) is 11.6 Å². The first kappa shape index (κ1) is 14.3. The van der Waals surface area contributed by atoms with Gasteiger partial charge in [0.2, 0.25) is 0 Å². The number of rotatable bonds is 3. The number of nitrogens with zero attached hydrogens (tertiary/aromatic N) is 1. The van der Waals surface area contributed by atoms with Gasteiger partial charge in [-0.1, -0.05) is 0 Å². The molecule has 1 heterocycles. The summed E-state index contributed by atoms with van der Waals surface area (Å²) in [5, 5.41) is 4.11. The normalized spacial score (nSPS) is 13.9. The third-order valence-electron chi connectivity index (χ3n) is 3.24. The van der Waals surface area contributed by atoms with Crippen molar-refractivity contribution in [1.29, 1.82) is 0 Å². The van der Waals surface area contributed by atoms with E-state index in [9.17, 15) is 8.78 Å². The van der Waals surface area contributed by atoms with Crippen molar-refractivity contribution in [3.05, 3.63) is 53.6 Å². The molecule has 0 atom stereocenters. The third kappa shape index (κ3) is 3.00. The lowest BCUT2D eigenvalue weighted by atomic mass is 10.1. The van der Waals surface area contributed by atoms with Gasteiger partial charge in [-0.3, -0.25) is 5.43 Å². The van der Waals surface area contributed by atoms with Crippen LogP contribution in [0.4, 0.5) is 14.5 Å². The Labute approximate surface area is 126 Å². The highest BCUT2D eigenvalue weighted by Gasteiger charge is 2.12. The molecule has 0 saturated carbocycles. The molecule has 0 aromatic heterocycles. The number of fused-ring (bicyclic) bond motifs is 1. The summed E-state index contributed by atoms with van der Waals surface area (Å²) >= 11 is 0. The Morgan fingerprint density at radius 2 is 1.82 bits per heavy atom. The Kier molecular flexibility index (Phi) is 3.91. The Hall–Kier alpha value is -2.63. The van der Waals surface area contributed by atoms with Crippen LogP contribution in [0.2, 0.25) is 0 Å². The maximum Gasteiger partial charge on any atom is 0.162 e. The quantitative estimate of drug-likeness (QED) is 0.696. The molecule has 0 fully saturated rings. The minimum Gasteiger partial charge on any atom is -0.486 e. The lowest BCUT2D eigenvalue weighted by Gasteiger charge is -2.18. The van der Waals surface area contributed by atoms with Crippen LogP contribution in [0.15, 0.2) is 41.5 Å². The molecule has 0 aliphatic carbocycles. The number of hydrogen-bond donors (Lipinski definition) is 1. The van der Waals surface area contributed by atoms with E-state index in [0.717, 1.165) is 11.6 Å². The molecule has 0 saturated heterocycles. The fraction of sp³-hybridized carbons (Fsp3) is 0.188. The van der Waals surface area contributed by atoms with Crippen molar-refractivity contribution in [2.75, 3.05) is 18.6 Å². The van der Waals surface area contributed by atoms with Crippen LogP contribution in [0.1, 0.15) is 12.5 Å². The van der Waals surface area contributed by atoms with Gasteiger partial charge in [0.15, 0.2) is 17.3 Å². The molecule has 3 rings (SSSR count). The lowest BCUT2D eigenvalue weighted by molar-refractivity contribution is 0.171. The van der Waals surface area contributed by atoms with Gasteiger partial charge in [-0.05, 0) is 37.3 Å². The fourth-order valence-corrected chi connectivity index (χ4v) is 2.06. The lowest BCUT2D eigenvalue weighted by Crippen LogP contribution is -2.15. The molecule has 0 radical (unpaired) electrons. The van der Waals surface area contributed by atoms with Gasteiger partial charge < -0.3 is 9.47 Å². The topological polar surface area (TPSA) is 42.9 Å². The van der Waals surface area contributed by atoms with Crippen LogP contribution >= 0.6 is 0 Å². The molecule has 0 spiro atoms. The van der Waals surface area contributed by atoms with Crippen molar-refractivity contribution < 1.29 is 18.3 Å². The zero-order valence-corrected chi connectivity index (χ0v) is 11.9. The first-order valence-electron chi connectivity index (χ1n) is 6.79. The second-order valence-electron chi connectivity index (χ2n) is 4.79. The number of benzene rings is 2. The van der Waals surface area contributed by atoms with Gasteiger partial charge in [0.05, 0.1) is 11.4 Å². The van der Waals surface area contributed by atoms with Gasteiger partial charge in [-0.15, -0.1) is 0 Å². The van der Waals surface area contributed by atoms with Crippen molar-refractivity contribution in [3.8, 4) is 11.5 Å². The van der Waals surface area contributed by atoms with E-state index in [4.69, 9.17) is 9.47 Å². The average molecular weight is 304 g/mol. The molecule has 6 heteroatoms. The van der Waals surface area contributed by atoms with E-state index >= 15 is 0 Å². The third-order valence-corrected chi connectivity index (χ3v) is 3.24. The molecular formula is C16H14F2N2O2. The molecule has 4 nitrogen and oxygen atoms in total. The van der Waals surface area contributed by atoms with Crippen molar-refractivity contribution in [2.24, 2.45) is 5.10 Å². The summed E-state index contributed by atoms with van der Waals surface area (Å²) < 4.78 is 37.3. The van der Waals surface area contributed by atoms with Gasteiger partial charge in [0.1, 0.15) is 19.0 Å². The molecule has 114 valence electrons. The van der Waals surface area contributed by atoms with Crippen molar-refractivity contribution in [3.63, 3.8) is 0 Å². The van der Waals surface area contributed by atoms with Crippen LogP contribution in [-0.4, -0.2) is 18.9 Å². The summed E-state index contributed by atoms with van der Waals surface area (Å²) in [5.74, 6) is 0.0286. The van der Waals surface area contributed by atoms with Gasteiger partial charge >= 0.3 is 0 Å². The number of ether oxygens (including phenoxy) is 2. The molecular weight excluding hydrogens is 290 g/mol. The molecule has 1 aliphatic heterocycles. The molecule has 2 aromatic rings. The second kappa shape index (κ2) is 6.01. The molecule has 1 N–H and O–H groups in total. The van der Waals surface area contributed by atoms with E-state index in [2.05, 4.69) is 10.5 Å². The largest absolute Gasteiger partial charge is 0.486 e. The Bertz CT molecular complexity index is 732. The summed E-state index contributed by atoms with van der Waals surface area (Å²) in [4.78, 5) is 0. The van der Waals surface area contributed by atoms with E-state index in [-0.39, 0.29) is 5.69 Å². The maximum absolute atomic E-state index is 13.5. The van der Waals surface area contributed by atoms with Gasteiger partial charge in [-0.25, -0.2) is 8.78 Å². The fourth-order valence-electron chi connectivity index (χ4n) is 2.06. The molecule has 0 unspecified atom stereocenters. The first-order chi connectivity index (χ1) is 10.6. The molecule has 1 aliphatic rings. The monoisotopic (exact) mass is 304 g/mol. The molecule has 0 amide bonds. The van der Waals surface area contributed by atoms with E-state index < -0.39 is 11.6 Å². The standard InChI is InChI=1S/C16H14F2N2O2/c1-10(19-20-14-4-3-12(17)9-13(14)18)11-2-5-15-16(8-11)22-7-6-21-15/h2-5,8-9,20H,6-7H2,1H3/b19-10-. The summed E-state index contributed by atoms with van der Waals surface area (Å²) in [7, 11) is 0. The van der Waals surface area contributed by atoms with Gasteiger partial charge in [-0.2, -0.15) is 5.10 Å². The average Bonchev–Trinajstić information content (AvgIpc) is 2.53. The minimum atomic E-state index is -0.696. The number of nitrogens with one attached hydrogen (secondary N) is 1. The molecule has 0 bridgehead atoms. The predicted molar refractivity (Wildman–Crippen MR) is 79.6 cm³/mol. The minimum absolute atomic E-state index is 0.110. The van der Waals surface area contributed by atoms with Crippen molar-refractivity contribution in [2.45, 2.75) is 6.92 Å². The Morgan fingerprint density at radius 3 is 2.59 bits per heavy atom. The van der Waals surface area contributed by atoms with Crippen molar-refractivity contribution >= 4 is 11.4 Å². The van der Waals surface area contributed by atoms with Crippen LogP contribution in [-0.2, 0) is 0 Å². The Morgan fingerprint density at radius 1 is 1.05 bits per heavy atom. The van der Waals surface area contributed by atoms with Crippen LogP contribution in [0.5, 0.6) is 11.5 Å². The number of halogens is 2. The molecule has 2 aromatic carbocycles. The van der Waals surface area contributed by atoms with E-state index in [1.807, 2.05) is 12.1 Å². The first-order valence-corrected chi connectivity index (χ1v) is 6.79. The zero-order chi connectivity index (χ0) is 15.5. The second-order valence-corrected chi connectivity index (χ2v) is 4.79. The number of hydrogen-bond acceptors (Lipinski definition) is 4. The maximum atomic E-state index is 13.5. The van der Waals surface area contributed by atoms with Crippen molar-refractivity contribution in [1.82, 2.24) is 0 Å². The van der Waals surface area contributed by atoms with E-state index in [1.54, 1.807) is 13.0 Å². The predicted octanol–water partition coefficient (Wildman–Crippen LogP) is 3.57. The summed E-state index contributed by atoms with van der Waals surface area (Å²) in [6, 6.07) is 8.73. The smallest absolute Gasteiger partial charge is 0.162 e. The van der Waals surface area contributed by atoms with Crippen LogP contribution < -0.4 is 14.9 Å². The van der Waals surface area contributed by atoms with E-state index in [0.29, 0.717) is 30.4 Å².